The highest BCUT2D eigenvalue weighted by molar-refractivity contribution is 7.95. The van der Waals surface area contributed by atoms with Crippen LogP contribution in [0.15, 0.2) is 59.5 Å². The minimum absolute atomic E-state index is 0.120. The van der Waals surface area contributed by atoms with Crippen LogP contribution >= 0.6 is 0 Å². The summed E-state index contributed by atoms with van der Waals surface area (Å²) >= 11 is 0. The van der Waals surface area contributed by atoms with Gasteiger partial charge in [-0.2, -0.15) is 0 Å². The van der Waals surface area contributed by atoms with Gasteiger partial charge in [0, 0.05) is 23.7 Å². The van der Waals surface area contributed by atoms with Gasteiger partial charge in [-0.1, -0.05) is 30.3 Å². The van der Waals surface area contributed by atoms with Crippen molar-refractivity contribution >= 4 is 28.7 Å². The van der Waals surface area contributed by atoms with Crippen LogP contribution < -0.4 is 15.4 Å². The van der Waals surface area contributed by atoms with E-state index in [9.17, 15) is 14.4 Å². The van der Waals surface area contributed by atoms with Gasteiger partial charge in [0.05, 0.1) is 0 Å². The summed E-state index contributed by atoms with van der Waals surface area (Å²) < 4.78 is 5.53. The molecule has 0 saturated carbocycles. The maximum Gasteiger partial charge on any atom is 0.334 e. The lowest BCUT2D eigenvalue weighted by Gasteiger charge is -2.20. The molecule has 1 fully saturated rings. The van der Waals surface area contributed by atoms with Crippen molar-refractivity contribution < 1.29 is 19.1 Å². The first-order valence-corrected chi connectivity index (χ1v) is 11.5. The molecule has 0 aliphatic carbocycles. The van der Waals surface area contributed by atoms with Gasteiger partial charge >= 0.3 is 5.97 Å². The number of rotatable bonds is 7. The molecule has 0 bridgehead atoms. The summed E-state index contributed by atoms with van der Waals surface area (Å²) in [5.41, 5.74) is 0.904. The molecule has 152 valence electrons. The molecule has 2 amide bonds. The molecule has 1 saturated heterocycles. The molecule has 0 unspecified atom stereocenters. The van der Waals surface area contributed by atoms with E-state index < -0.39 is 18.1 Å². The number of esters is 1. The Morgan fingerprint density at radius 3 is 2.41 bits per heavy atom. The van der Waals surface area contributed by atoms with Gasteiger partial charge in [-0.3, -0.25) is 9.59 Å². The van der Waals surface area contributed by atoms with Crippen LogP contribution in [-0.4, -0.2) is 42.4 Å². The predicted molar refractivity (Wildman–Crippen MR) is 113 cm³/mol. The van der Waals surface area contributed by atoms with Crippen LogP contribution in [-0.2, 0) is 31.7 Å². The van der Waals surface area contributed by atoms with E-state index >= 15 is 0 Å². The van der Waals surface area contributed by atoms with Gasteiger partial charge in [-0.05, 0) is 36.2 Å². The summed E-state index contributed by atoms with van der Waals surface area (Å²) in [5.74, 6) is -0.625. The number of ether oxygens (including phenoxy) is 1. The Morgan fingerprint density at radius 2 is 1.83 bits per heavy atom. The molecule has 2 aromatic carbocycles. The molecule has 1 aliphatic heterocycles. The molecule has 3 rings (SSSR count). The maximum absolute atomic E-state index is 12.8. The Labute approximate surface area is 173 Å². The van der Waals surface area contributed by atoms with Crippen LogP contribution in [0, 0.1) is 0 Å². The summed E-state index contributed by atoms with van der Waals surface area (Å²) in [5, 5.41) is 5.38. The molecule has 2 aromatic rings. The Kier molecular flexibility index (Phi) is 6.93. The minimum atomic E-state index is -0.853. The second kappa shape index (κ2) is 9.60. The van der Waals surface area contributed by atoms with E-state index in [-0.39, 0.29) is 22.7 Å². The first-order valence-electron chi connectivity index (χ1n) is 9.45. The molecule has 0 spiro atoms. The number of carbonyl (C=O) groups is 3. The summed E-state index contributed by atoms with van der Waals surface area (Å²) in [7, 11) is 0.120. The number of carbonyl (C=O) groups excluding carboxylic acids is 3. The first kappa shape index (κ1) is 20.9. The average Bonchev–Trinajstić information content (AvgIpc) is 3.15. The quantitative estimate of drug-likeness (QED) is 0.412. The molecule has 0 aromatic heterocycles. The Morgan fingerprint density at radius 1 is 1.14 bits per heavy atom. The van der Waals surface area contributed by atoms with Gasteiger partial charge in [0.15, 0.2) is 4.90 Å². The zero-order chi connectivity index (χ0) is 20.8. The SMILES string of the molecule is C[S+](C)c1ccc(OC(=O)[C@H](Cc2ccccc2)NC(=O)[C@@H]2CCC(=O)N2)cc1. The maximum atomic E-state index is 12.8. The van der Waals surface area contributed by atoms with Crippen LogP contribution in [0.25, 0.3) is 0 Å². The summed E-state index contributed by atoms with van der Waals surface area (Å²) in [6.45, 7) is 0. The smallest absolute Gasteiger partial charge is 0.334 e. The molecule has 0 radical (unpaired) electrons. The second-order valence-corrected chi connectivity index (χ2v) is 9.22. The minimum Gasteiger partial charge on any atom is -0.425 e. The Balaban J connectivity index is 1.71. The van der Waals surface area contributed by atoms with Crippen molar-refractivity contribution in [1.29, 1.82) is 0 Å². The van der Waals surface area contributed by atoms with E-state index in [1.165, 1.54) is 4.90 Å². The lowest BCUT2D eigenvalue weighted by atomic mass is 10.1. The topological polar surface area (TPSA) is 84.5 Å². The van der Waals surface area contributed by atoms with Gasteiger partial charge in [0.1, 0.15) is 30.3 Å². The number of hydrogen-bond donors (Lipinski definition) is 2. The van der Waals surface area contributed by atoms with Gasteiger partial charge < -0.3 is 15.4 Å². The number of amides is 2. The van der Waals surface area contributed by atoms with Gasteiger partial charge in [-0.25, -0.2) is 4.79 Å². The van der Waals surface area contributed by atoms with Crippen molar-refractivity contribution in [3.05, 3.63) is 60.2 Å². The monoisotopic (exact) mass is 413 g/mol. The fourth-order valence-corrected chi connectivity index (χ4v) is 3.77. The lowest BCUT2D eigenvalue weighted by molar-refractivity contribution is -0.139. The molecular formula is C22H25N2O4S+. The Bertz CT molecular complexity index is 868. The molecular weight excluding hydrogens is 388 g/mol. The van der Waals surface area contributed by atoms with Crippen molar-refractivity contribution in [2.24, 2.45) is 0 Å². The predicted octanol–water partition coefficient (Wildman–Crippen LogP) is 1.83. The lowest BCUT2D eigenvalue weighted by Crippen LogP contribution is -2.50. The van der Waals surface area contributed by atoms with Crippen LogP contribution in [0.2, 0.25) is 0 Å². The highest BCUT2D eigenvalue weighted by Crippen LogP contribution is 2.17. The molecule has 7 heteroatoms. The third kappa shape index (κ3) is 5.84. The van der Waals surface area contributed by atoms with E-state index in [1.54, 1.807) is 12.1 Å². The summed E-state index contributed by atoms with van der Waals surface area (Å²) in [6.07, 6.45) is 5.28. The Hall–Kier alpha value is -2.80. The highest BCUT2D eigenvalue weighted by Gasteiger charge is 2.31. The fourth-order valence-electron chi connectivity index (χ4n) is 3.09. The number of nitrogens with one attached hydrogen (secondary N) is 2. The molecule has 2 atom stereocenters. The number of hydrogen-bond acceptors (Lipinski definition) is 4. The van der Waals surface area contributed by atoms with E-state index in [0.717, 1.165) is 5.56 Å². The van der Waals surface area contributed by atoms with Gasteiger partial charge in [0.25, 0.3) is 0 Å². The molecule has 1 aliphatic rings. The highest BCUT2D eigenvalue weighted by atomic mass is 32.2. The van der Waals surface area contributed by atoms with E-state index in [0.29, 0.717) is 25.0 Å². The van der Waals surface area contributed by atoms with Crippen molar-refractivity contribution in [3.8, 4) is 5.75 Å². The zero-order valence-corrected chi connectivity index (χ0v) is 17.3. The van der Waals surface area contributed by atoms with Crippen molar-refractivity contribution in [2.45, 2.75) is 36.2 Å². The first-order chi connectivity index (χ1) is 13.9. The van der Waals surface area contributed by atoms with Crippen LogP contribution in [0.4, 0.5) is 0 Å². The van der Waals surface area contributed by atoms with E-state index in [2.05, 4.69) is 23.1 Å². The van der Waals surface area contributed by atoms with Crippen LogP contribution in [0.5, 0.6) is 5.75 Å². The standard InChI is InChI=1S/C22H24N2O4S/c1-29(2)17-10-8-16(9-11-17)28-22(27)19(14-15-6-4-3-5-7-15)24-21(26)18-12-13-20(25)23-18/h3-11,18-19H,12-14H2,1-2H3,(H-,23,24,25,26)/p+1/t18-,19-/m0/s1. The van der Waals surface area contributed by atoms with E-state index in [4.69, 9.17) is 4.74 Å². The molecule has 2 N–H and O–H groups in total. The summed E-state index contributed by atoms with van der Waals surface area (Å²) in [4.78, 5) is 37.9. The average molecular weight is 414 g/mol. The van der Waals surface area contributed by atoms with Crippen molar-refractivity contribution in [1.82, 2.24) is 10.6 Å². The van der Waals surface area contributed by atoms with Crippen molar-refractivity contribution in [3.63, 3.8) is 0 Å². The van der Waals surface area contributed by atoms with E-state index in [1.807, 2.05) is 42.5 Å². The van der Waals surface area contributed by atoms with Gasteiger partial charge in [-0.15, -0.1) is 0 Å². The third-order valence-electron chi connectivity index (χ3n) is 4.71. The molecule has 1 heterocycles. The molecule has 6 nitrogen and oxygen atoms in total. The van der Waals surface area contributed by atoms with Gasteiger partial charge in [0.2, 0.25) is 11.8 Å². The second-order valence-electron chi connectivity index (χ2n) is 7.12. The zero-order valence-electron chi connectivity index (χ0n) is 16.5. The van der Waals surface area contributed by atoms with Crippen LogP contribution in [0.1, 0.15) is 18.4 Å². The number of benzene rings is 2. The normalized spacial score (nSPS) is 16.9. The fraction of sp³-hybridized carbons (Fsp3) is 0.318. The largest absolute Gasteiger partial charge is 0.425 e. The van der Waals surface area contributed by atoms with Crippen molar-refractivity contribution in [2.75, 3.05) is 12.5 Å². The molecule has 29 heavy (non-hydrogen) atoms. The third-order valence-corrected chi connectivity index (χ3v) is 5.92. The summed E-state index contributed by atoms with van der Waals surface area (Å²) in [6, 6.07) is 15.4. The van der Waals surface area contributed by atoms with Crippen LogP contribution in [0.3, 0.4) is 0 Å².